The van der Waals surface area contributed by atoms with Crippen LogP contribution in [0.5, 0.6) is 11.5 Å². The fourth-order valence-corrected chi connectivity index (χ4v) is 3.26. The summed E-state index contributed by atoms with van der Waals surface area (Å²) < 4.78 is 10.4. The number of anilines is 1. The van der Waals surface area contributed by atoms with Gasteiger partial charge in [0.2, 0.25) is 5.78 Å². The van der Waals surface area contributed by atoms with E-state index in [0.717, 1.165) is 11.3 Å². The maximum atomic E-state index is 12.7. The van der Waals surface area contributed by atoms with Crippen molar-refractivity contribution in [1.82, 2.24) is 0 Å². The number of benzene rings is 3. The Morgan fingerprint density at radius 3 is 2.03 bits per heavy atom. The van der Waals surface area contributed by atoms with Crippen LogP contribution in [0, 0.1) is 12.3 Å². The highest BCUT2D eigenvalue weighted by Gasteiger charge is 2.14. The zero-order chi connectivity index (χ0) is 24.3. The number of hydrogen-bond acceptors (Lipinski definition) is 5. The summed E-state index contributed by atoms with van der Waals surface area (Å²) in [5, 5.41) is 2.59. The summed E-state index contributed by atoms with van der Waals surface area (Å²) >= 11 is 0. The van der Waals surface area contributed by atoms with Gasteiger partial charge in [0.05, 0.1) is 7.11 Å². The maximum Gasteiger partial charge on any atom is 0.291 e. The van der Waals surface area contributed by atoms with Crippen molar-refractivity contribution < 1.29 is 23.9 Å². The molecule has 0 bridgehead atoms. The van der Waals surface area contributed by atoms with Crippen molar-refractivity contribution in [2.24, 2.45) is 0 Å². The lowest BCUT2D eigenvalue weighted by molar-refractivity contribution is -0.134. The highest BCUT2D eigenvalue weighted by atomic mass is 16.5. The van der Waals surface area contributed by atoms with E-state index >= 15 is 0 Å². The quantitative estimate of drug-likeness (QED) is 0.262. The lowest BCUT2D eigenvalue weighted by Gasteiger charge is -2.07. The summed E-state index contributed by atoms with van der Waals surface area (Å²) in [7, 11) is 1.61. The van der Waals surface area contributed by atoms with Crippen molar-refractivity contribution in [1.29, 1.82) is 0 Å². The van der Waals surface area contributed by atoms with Gasteiger partial charge in [-0.15, -0.1) is 6.42 Å². The van der Waals surface area contributed by atoms with Crippen molar-refractivity contribution in [3.05, 3.63) is 89.5 Å². The van der Waals surface area contributed by atoms with Gasteiger partial charge in [-0.05, 0) is 79.1 Å². The van der Waals surface area contributed by atoms with Crippen LogP contribution in [-0.2, 0) is 16.0 Å². The lowest BCUT2D eigenvalue weighted by Crippen LogP contribution is -2.22. The van der Waals surface area contributed by atoms with Crippen LogP contribution < -0.4 is 14.8 Å². The van der Waals surface area contributed by atoms with Gasteiger partial charge in [-0.25, -0.2) is 0 Å². The highest BCUT2D eigenvalue weighted by Crippen LogP contribution is 2.18. The zero-order valence-corrected chi connectivity index (χ0v) is 18.9. The third-order valence-electron chi connectivity index (χ3n) is 5.13. The van der Waals surface area contributed by atoms with Crippen LogP contribution in [0.4, 0.5) is 5.69 Å². The molecule has 6 nitrogen and oxygen atoms in total. The first-order valence-electron chi connectivity index (χ1n) is 10.8. The Bertz CT molecular complexity index is 1170. The second kappa shape index (κ2) is 12.0. The predicted molar refractivity (Wildman–Crippen MR) is 130 cm³/mol. The number of rotatable bonds is 11. The molecular formula is C28H25NO5. The molecule has 0 aromatic heterocycles. The van der Waals surface area contributed by atoms with E-state index in [1.165, 1.54) is 0 Å². The van der Waals surface area contributed by atoms with Gasteiger partial charge in [-0.2, -0.15) is 0 Å². The number of hydrogen-bond donors (Lipinski definition) is 1. The molecule has 0 heterocycles. The van der Waals surface area contributed by atoms with Gasteiger partial charge in [0, 0.05) is 23.2 Å². The van der Waals surface area contributed by atoms with Gasteiger partial charge in [0.15, 0.2) is 5.78 Å². The topological polar surface area (TPSA) is 81.7 Å². The number of carbonyl (C=O) groups is 3. The van der Waals surface area contributed by atoms with Crippen molar-refractivity contribution in [2.75, 3.05) is 19.0 Å². The number of aryl methyl sites for hydroxylation is 1. The van der Waals surface area contributed by atoms with Crippen LogP contribution in [0.2, 0.25) is 0 Å². The molecule has 0 saturated heterocycles. The van der Waals surface area contributed by atoms with E-state index in [2.05, 4.69) is 11.2 Å². The first kappa shape index (κ1) is 24.3. The second-order valence-electron chi connectivity index (χ2n) is 7.50. The first-order valence-corrected chi connectivity index (χ1v) is 10.8. The number of methoxy groups -OCH3 is 1. The molecule has 0 radical (unpaired) electrons. The minimum Gasteiger partial charge on any atom is -0.497 e. The summed E-state index contributed by atoms with van der Waals surface area (Å²) in [6, 6.07) is 20.7. The molecule has 0 aliphatic rings. The number of terminal acetylenes is 1. The van der Waals surface area contributed by atoms with E-state index in [1.807, 2.05) is 24.3 Å². The number of Topliss-reactive ketones (excluding diaryl/α,β-unsaturated/α-hetero) is 1. The SMILES string of the molecule is C#CCOc1ccc(C(=O)c2ccc(NC(=O)C(=O)CCCc3ccc(OC)cc3)cc2)cc1. The van der Waals surface area contributed by atoms with Crippen LogP contribution >= 0.6 is 0 Å². The summed E-state index contributed by atoms with van der Waals surface area (Å²) in [6.07, 6.45) is 6.57. The van der Waals surface area contributed by atoms with Crippen molar-refractivity contribution in [3.8, 4) is 23.8 Å². The molecule has 0 unspecified atom stereocenters. The largest absolute Gasteiger partial charge is 0.497 e. The molecule has 34 heavy (non-hydrogen) atoms. The Balaban J connectivity index is 1.49. The van der Waals surface area contributed by atoms with E-state index in [1.54, 1.807) is 55.6 Å². The maximum absolute atomic E-state index is 12.7. The number of amides is 1. The van der Waals surface area contributed by atoms with Crippen LogP contribution in [0.1, 0.15) is 34.3 Å². The molecule has 0 spiro atoms. The Morgan fingerprint density at radius 2 is 1.44 bits per heavy atom. The van der Waals surface area contributed by atoms with E-state index in [0.29, 0.717) is 35.4 Å². The molecule has 6 heteroatoms. The van der Waals surface area contributed by atoms with E-state index in [4.69, 9.17) is 15.9 Å². The third-order valence-corrected chi connectivity index (χ3v) is 5.13. The monoisotopic (exact) mass is 455 g/mol. The predicted octanol–water partition coefficient (Wildman–Crippen LogP) is 4.47. The average Bonchev–Trinajstić information content (AvgIpc) is 2.88. The summed E-state index contributed by atoms with van der Waals surface area (Å²) in [5.41, 5.74) is 2.48. The Labute approximate surface area is 198 Å². The van der Waals surface area contributed by atoms with Gasteiger partial charge in [0.1, 0.15) is 18.1 Å². The van der Waals surface area contributed by atoms with Gasteiger partial charge in [0.25, 0.3) is 5.91 Å². The first-order chi connectivity index (χ1) is 16.5. The molecule has 172 valence electrons. The standard InChI is InChI=1S/C28H25NO5/c1-3-19-34-25-17-11-22(12-18-25)27(31)21-9-13-23(14-10-21)29-28(32)26(30)6-4-5-20-7-15-24(33-2)16-8-20/h1,7-18H,4-6,19H2,2H3,(H,29,32). The fraction of sp³-hybridized carbons (Fsp3) is 0.179. The van der Waals surface area contributed by atoms with Gasteiger partial charge >= 0.3 is 0 Å². The van der Waals surface area contributed by atoms with Crippen molar-refractivity contribution >= 4 is 23.2 Å². The van der Waals surface area contributed by atoms with E-state index in [9.17, 15) is 14.4 Å². The summed E-state index contributed by atoms with van der Waals surface area (Å²) in [5.74, 6) is 2.41. The Morgan fingerprint density at radius 1 is 0.853 bits per heavy atom. The van der Waals surface area contributed by atoms with Crippen molar-refractivity contribution in [2.45, 2.75) is 19.3 Å². The second-order valence-corrected chi connectivity index (χ2v) is 7.50. The van der Waals surface area contributed by atoms with Gasteiger partial charge in [-0.3, -0.25) is 14.4 Å². The van der Waals surface area contributed by atoms with Crippen LogP contribution in [0.15, 0.2) is 72.8 Å². The molecule has 1 N–H and O–H groups in total. The Kier molecular flexibility index (Phi) is 8.59. The summed E-state index contributed by atoms with van der Waals surface area (Å²) in [4.78, 5) is 37.1. The minimum absolute atomic E-state index is 0.148. The van der Waals surface area contributed by atoms with Crippen LogP contribution in [0.3, 0.4) is 0 Å². The smallest absolute Gasteiger partial charge is 0.291 e. The van der Waals surface area contributed by atoms with Crippen LogP contribution in [-0.4, -0.2) is 31.2 Å². The zero-order valence-electron chi connectivity index (χ0n) is 18.9. The van der Waals surface area contributed by atoms with E-state index < -0.39 is 11.7 Å². The molecule has 0 aliphatic heterocycles. The summed E-state index contributed by atoms with van der Waals surface area (Å²) in [6.45, 7) is 0.158. The third kappa shape index (κ3) is 6.81. The van der Waals surface area contributed by atoms with Crippen LogP contribution in [0.25, 0.3) is 0 Å². The fourth-order valence-electron chi connectivity index (χ4n) is 3.26. The molecule has 0 fully saturated rings. The average molecular weight is 456 g/mol. The molecule has 3 aromatic carbocycles. The molecule has 1 amide bonds. The Hall–Kier alpha value is -4.37. The number of ether oxygens (including phenoxy) is 2. The molecule has 0 saturated carbocycles. The highest BCUT2D eigenvalue weighted by molar-refractivity contribution is 6.40. The molecule has 0 atom stereocenters. The van der Waals surface area contributed by atoms with Gasteiger partial charge in [-0.1, -0.05) is 18.1 Å². The number of nitrogens with one attached hydrogen (secondary N) is 1. The molecule has 0 aliphatic carbocycles. The minimum atomic E-state index is -0.670. The molecule has 3 aromatic rings. The lowest BCUT2D eigenvalue weighted by atomic mass is 10.0. The van der Waals surface area contributed by atoms with Crippen molar-refractivity contribution in [3.63, 3.8) is 0 Å². The molecule has 3 rings (SSSR count). The normalized spacial score (nSPS) is 10.1. The molecular weight excluding hydrogens is 430 g/mol. The number of carbonyl (C=O) groups excluding carboxylic acids is 3. The van der Waals surface area contributed by atoms with E-state index in [-0.39, 0.29) is 18.8 Å². The number of ketones is 2. The van der Waals surface area contributed by atoms with Gasteiger partial charge < -0.3 is 14.8 Å².